The predicted octanol–water partition coefficient (Wildman–Crippen LogP) is 3.33. The van der Waals surface area contributed by atoms with Crippen molar-refractivity contribution < 1.29 is 0 Å². The van der Waals surface area contributed by atoms with Crippen LogP contribution in [0, 0.1) is 0 Å². The topological polar surface area (TPSA) is 28.2 Å². The first-order valence-corrected chi connectivity index (χ1v) is 8.02. The van der Waals surface area contributed by atoms with E-state index in [0.717, 1.165) is 14.8 Å². The zero-order chi connectivity index (χ0) is 12.7. The molecule has 2 aliphatic heterocycles. The van der Waals surface area contributed by atoms with Crippen molar-refractivity contribution in [3.8, 4) is 0 Å². The Morgan fingerprint density at radius 2 is 1.94 bits per heavy atom. The van der Waals surface area contributed by atoms with E-state index in [4.69, 9.17) is 0 Å². The molecule has 0 spiro atoms. The Hall–Kier alpha value is -0.130. The second-order valence-electron chi connectivity index (χ2n) is 5.33. The molecule has 2 bridgehead atoms. The molecule has 1 N–H and O–H groups in total. The molecule has 2 unspecified atom stereocenters. The van der Waals surface area contributed by atoms with E-state index in [-0.39, 0.29) is 0 Å². The number of halogens is 2. The van der Waals surface area contributed by atoms with Gasteiger partial charge < -0.3 is 10.2 Å². The quantitative estimate of drug-likeness (QED) is 0.860. The molecule has 0 aliphatic carbocycles. The fraction of sp³-hybridized carbons (Fsp3) is 0.615. The van der Waals surface area contributed by atoms with Crippen LogP contribution in [0.3, 0.4) is 0 Å². The Labute approximate surface area is 125 Å². The molecule has 0 saturated carbocycles. The first-order chi connectivity index (χ1) is 8.63. The monoisotopic (exact) mass is 373 g/mol. The standard InChI is InChI=1S/C13H17Br2N3/c1-18(13-12(15)4-8(14)7-16-13)11-5-9-2-3-10(6-11)17-9/h4,7,9-11,17H,2-3,5-6H2,1H3. The molecule has 0 radical (unpaired) electrons. The molecule has 3 rings (SSSR count). The molecule has 3 heterocycles. The van der Waals surface area contributed by atoms with Crippen LogP contribution in [0.15, 0.2) is 21.2 Å². The third-order valence-corrected chi connectivity index (χ3v) is 5.14. The minimum absolute atomic E-state index is 0.605. The lowest BCUT2D eigenvalue weighted by molar-refractivity contribution is 0.353. The van der Waals surface area contributed by atoms with Gasteiger partial charge in [0.1, 0.15) is 5.82 Å². The Balaban J connectivity index is 1.79. The summed E-state index contributed by atoms with van der Waals surface area (Å²) >= 11 is 7.06. The number of anilines is 1. The van der Waals surface area contributed by atoms with Crippen LogP contribution in [-0.4, -0.2) is 30.2 Å². The van der Waals surface area contributed by atoms with Gasteiger partial charge in [0.2, 0.25) is 0 Å². The molecule has 3 nitrogen and oxygen atoms in total. The van der Waals surface area contributed by atoms with Crippen LogP contribution in [0.2, 0.25) is 0 Å². The van der Waals surface area contributed by atoms with Gasteiger partial charge in [-0.1, -0.05) is 0 Å². The Morgan fingerprint density at radius 3 is 2.56 bits per heavy atom. The lowest BCUT2D eigenvalue weighted by atomic mass is 9.98. The molecule has 5 heteroatoms. The lowest BCUT2D eigenvalue weighted by Gasteiger charge is -2.36. The summed E-state index contributed by atoms with van der Waals surface area (Å²) in [6.07, 6.45) is 7.01. The Bertz CT molecular complexity index is 440. The molecule has 2 fully saturated rings. The van der Waals surface area contributed by atoms with Crippen LogP contribution >= 0.6 is 31.9 Å². The van der Waals surface area contributed by atoms with Crippen LogP contribution < -0.4 is 10.2 Å². The minimum Gasteiger partial charge on any atom is -0.356 e. The number of fused-ring (bicyclic) bond motifs is 2. The molecule has 2 saturated heterocycles. The number of nitrogens with one attached hydrogen (secondary N) is 1. The fourth-order valence-corrected chi connectivity index (χ4v) is 4.45. The zero-order valence-corrected chi connectivity index (χ0v) is 13.5. The van der Waals surface area contributed by atoms with E-state index in [2.05, 4.69) is 60.2 Å². The summed E-state index contributed by atoms with van der Waals surface area (Å²) in [7, 11) is 2.16. The summed E-state index contributed by atoms with van der Waals surface area (Å²) in [5, 5.41) is 3.68. The van der Waals surface area contributed by atoms with E-state index in [1.165, 1.54) is 25.7 Å². The van der Waals surface area contributed by atoms with E-state index in [1.807, 2.05) is 6.20 Å². The van der Waals surface area contributed by atoms with E-state index in [0.29, 0.717) is 18.1 Å². The highest BCUT2D eigenvalue weighted by Crippen LogP contribution is 2.33. The van der Waals surface area contributed by atoms with Gasteiger partial charge in [0.25, 0.3) is 0 Å². The highest BCUT2D eigenvalue weighted by Gasteiger charge is 2.35. The maximum absolute atomic E-state index is 4.54. The molecule has 2 aliphatic rings. The van der Waals surface area contributed by atoms with Gasteiger partial charge in [0, 0.05) is 35.8 Å². The smallest absolute Gasteiger partial charge is 0.142 e. The molecule has 2 atom stereocenters. The third-order valence-electron chi connectivity index (χ3n) is 4.12. The average molecular weight is 375 g/mol. The lowest BCUT2D eigenvalue weighted by Crippen LogP contribution is -2.47. The summed E-state index contributed by atoms with van der Waals surface area (Å²) in [6.45, 7) is 0. The van der Waals surface area contributed by atoms with Crippen molar-refractivity contribution in [2.24, 2.45) is 0 Å². The van der Waals surface area contributed by atoms with Gasteiger partial charge in [-0.25, -0.2) is 4.98 Å². The SMILES string of the molecule is CN(c1ncc(Br)cc1Br)C1CC2CCC(C1)N2. The highest BCUT2D eigenvalue weighted by molar-refractivity contribution is 9.11. The van der Waals surface area contributed by atoms with Crippen LogP contribution in [0.25, 0.3) is 0 Å². The van der Waals surface area contributed by atoms with Crippen LogP contribution in [-0.2, 0) is 0 Å². The number of hydrogen-bond acceptors (Lipinski definition) is 3. The number of rotatable bonds is 2. The van der Waals surface area contributed by atoms with Gasteiger partial charge in [-0.05, 0) is 63.6 Å². The third kappa shape index (κ3) is 2.45. The van der Waals surface area contributed by atoms with Gasteiger partial charge in [-0.2, -0.15) is 0 Å². The van der Waals surface area contributed by atoms with E-state index >= 15 is 0 Å². The zero-order valence-electron chi connectivity index (χ0n) is 10.4. The minimum atomic E-state index is 0.605. The summed E-state index contributed by atoms with van der Waals surface area (Å²) in [5.41, 5.74) is 0. The molecular formula is C13H17Br2N3. The van der Waals surface area contributed by atoms with Gasteiger partial charge >= 0.3 is 0 Å². The van der Waals surface area contributed by atoms with Crippen molar-refractivity contribution in [3.05, 3.63) is 21.2 Å². The van der Waals surface area contributed by atoms with Gasteiger partial charge in [0.05, 0.1) is 4.47 Å². The van der Waals surface area contributed by atoms with Crippen molar-refractivity contribution in [3.63, 3.8) is 0 Å². The van der Waals surface area contributed by atoms with Gasteiger partial charge in [-0.3, -0.25) is 0 Å². The highest BCUT2D eigenvalue weighted by atomic mass is 79.9. The molecule has 1 aromatic rings. The van der Waals surface area contributed by atoms with Crippen molar-refractivity contribution in [2.75, 3.05) is 11.9 Å². The molecule has 0 aromatic carbocycles. The number of pyridine rings is 1. The second kappa shape index (κ2) is 5.10. The average Bonchev–Trinajstić information content (AvgIpc) is 2.67. The first-order valence-electron chi connectivity index (χ1n) is 6.43. The van der Waals surface area contributed by atoms with Gasteiger partial charge in [0.15, 0.2) is 0 Å². The van der Waals surface area contributed by atoms with Gasteiger partial charge in [-0.15, -0.1) is 0 Å². The summed E-state index contributed by atoms with van der Waals surface area (Å²) < 4.78 is 2.07. The normalized spacial score (nSPS) is 30.5. The molecule has 0 amide bonds. The first kappa shape index (κ1) is 12.9. The Morgan fingerprint density at radius 1 is 1.28 bits per heavy atom. The Kier molecular flexibility index (Phi) is 3.65. The second-order valence-corrected chi connectivity index (χ2v) is 7.10. The predicted molar refractivity (Wildman–Crippen MR) is 81.0 cm³/mol. The maximum Gasteiger partial charge on any atom is 0.142 e. The van der Waals surface area contributed by atoms with Crippen molar-refractivity contribution in [1.82, 2.24) is 10.3 Å². The maximum atomic E-state index is 4.54. The number of hydrogen-bond donors (Lipinski definition) is 1. The number of aromatic nitrogens is 1. The molecular weight excluding hydrogens is 358 g/mol. The van der Waals surface area contributed by atoms with E-state index < -0.39 is 0 Å². The fourth-order valence-electron chi connectivity index (χ4n) is 3.18. The van der Waals surface area contributed by atoms with Crippen molar-refractivity contribution >= 4 is 37.7 Å². The van der Waals surface area contributed by atoms with E-state index in [1.54, 1.807) is 0 Å². The number of nitrogens with zero attached hydrogens (tertiary/aromatic N) is 2. The van der Waals surface area contributed by atoms with Crippen LogP contribution in [0.1, 0.15) is 25.7 Å². The largest absolute Gasteiger partial charge is 0.356 e. The molecule has 98 valence electrons. The van der Waals surface area contributed by atoms with Crippen molar-refractivity contribution in [1.29, 1.82) is 0 Å². The molecule has 1 aromatic heterocycles. The van der Waals surface area contributed by atoms with Crippen LogP contribution in [0.5, 0.6) is 0 Å². The van der Waals surface area contributed by atoms with Crippen molar-refractivity contribution in [2.45, 2.75) is 43.8 Å². The van der Waals surface area contributed by atoms with E-state index in [9.17, 15) is 0 Å². The van der Waals surface area contributed by atoms with Crippen LogP contribution in [0.4, 0.5) is 5.82 Å². The summed E-state index contributed by atoms with van der Waals surface area (Å²) in [4.78, 5) is 6.87. The molecule has 18 heavy (non-hydrogen) atoms. The summed E-state index contributed by atoms with van der Waals surface area (Å²) in [5.74, 6) is 1.05. The number of piperidine rings is 1. The summed E-state index contributed by atoms with van der Waals surface area (Å²) in [6, 6.07) is 4.10.